The molecule has 0 saturated carbocycles. The molecule has 0 aromatic heterocycles. The molecular weight excluding hydrogens is 126 g/mol. The van der Waals surface area contributed by atoms with Gasteiger partial charge >= 0.3 is 0 Å². The lowest BCUT2D eigenvalue weighted by molar-refractivity contribution is -0.108. The van der Waals surface area contributed by atoms with Crippen molar-refractivity contribution < 1.29 is 4.79 Å². The van der Waals surface area contributed by atoms with Gasteiger partial charge < -0.3 is 10.1 Å². The summed E-state index contributed by atoms with van der Waals surface area (Å²) in [5.74, 6) is 0. The van der Waals surface area contributed by atoms with E-state index in [1.807, 2.05) is 0 Å². The summed E-state index contributed by atoms with van der Waals surface area (Å²) < 4.78 is 0. The van der Waals surface area contributed by atoms with Crippen LogP contribution in [0.1, 0.15) is 33.6 Å². The van der Waals surface area contributed by atoms with Gasteiger partial charge in [0.15, 0.2) is 0 Å². The first kappa shape index (κ1) is 9.63. The number of carbonyl (C=O) groups excluding carboxylic acids is 1. The van der Waals surface area contributed by atoms with Crippen LogP contribution in [0, 0.1) is 0 Å². The molecule has 60 valence electrons. The molecule has 0 aliphatic carbocycles. The molecule has 2 heteroatoms. The number of carbonyl (C=O) groups is 1. The third-order valence-electron chi connectivity index (χ3n) is 1.34. The van der Waals surface area contributed by atoms with E-state index in [0.29, 0.717) is 18.5 Å². The smallest absolute Gasteiger partial charge is 0.120 e. The van der Waals surface area contributed by atoms with Gasteiger partial charge in [0, 0.05) is 18.5 Å². The summed E-state index contributed by atoms with van der Waals surface area (Å²) in [5.41, 5.74) is 0. The predicted octanol–water partition coefficient (Wildman–Crippen LogP) is 1.35. The molecule has 0 rings (SSSR count). The Kier molecular flexibility index (Phi) is 5.22. The number of nitrogens with one attached hydrogen (secondary N) is 1. The molecule has 0 heterocycles. The SMILES string of the molecule is CC(C)NC(C)CCC=O. The number of hydrogen-bond donors (Lipinski definition) is 1. The van der Waals surface area contributed by atoms with Gasteiger partial charge in [0.2, 0.25) is 0 Å². The molecule has 0 aliphatic rings. The summed E-state index contributed by atoms with van der Waals surface area (Å²) in [5, 5.41) is 3.32. The molecule has 0 radical (unpaired) electrons. The molecule has 1 atom stereocenters. The van der Waals surface area contributed by atoms with E-state index in [-0.39, 0.29) is 0 Å². The summed E-state index contributed by atoms with van der Waals surface area (Å²) >= 11 is 0. The lowest BCUT2D eigenvalue weighted by atomic mass is 10.2. The summed E-state index contributed by atoms with van der Waals surface area (Å²) in [4.78, 5) is 9.97. The topological polar surface area (TPSA) is 29.1 Å². The monoisotopic (exact) mass is 143 g/mol. The van der Waals surface area contributed by atoms with E-state index in [1.54, 1.807) is 0 Å². The van der Waals surface area contributed by atoms with Gasteiger partial charge in [0.1, 0.15) is 6.29 Å². The van der Waals surface area contributed by atoms with Crippen molar-refractivity contribution in [1.29, 1.82) is 0 Å². The Hall–Kier alpha value is -0.370. The Morgan fingerprint density at radius 3 is 2.40 bits per heavy atom. The molecule has 0 fully saturated rings. The highest BCUT2D eigenvalue weighted by Gasteiger charge is 2.01. The van der Waals surface area contributed by atoms with E-state index in [1.165, 1.54) is 0 Å². The van der Waals surface area contributed by atoms with E-state index in [2.05, 4.69) is 26.1 Å². The standard InChI is InChI=1S/C8H17NO/c1-7(2)9-8(3)5-4-6-10/h6-9H,4-5H2,1-3H3. The number of hydrogen-bond acceptors (Lipinski definition) is 2. The van der Waals surface area contributed by atoms with E-state index in [0.717, 1.165) is 12.7 Å². The van der Waals surface area contributed by atoms with Crippen LogP contribution in [-0.4, -0.2) is 18.4 Å². The molecule has 0 aromatic carbocycles. The molecule has 0 aromatic rings. The van der Waals surface area contributed by atoms with Gasteiger partial charge in [-0.2, -0.15) is 0 Å². The molecule has 0 spiro atoms. The molecule has 0 amide bonds. The third-order valence-corrected chi connectivity index (χ3v) is 1.34. The summed E-state index contributed by atoms with van der Waals surface area (Å²) in [6, 6.07) is 0.979. The van der Waals surface area contributed by atoms with Gasteiger partial charge in [-0.05, 0) is 13.3 Å². The van der Waals surface area contributed by atoms with Crippen LogP contribution in [0.2, 0.25) is 0 Å². The molecule has 0 saturated heterocycles. The van der Waals surface area contributed by atoms with Crippen molar-refractivity contribution >= 4 is 6.29 Å². The molecule has 2 nitrogen and oxygen atoms in total. The van der Waals surface area contributed by atoms with Gasteiger partial charge in [-0.3, -0.25) is 0 Å². The summed E-state index contributed by atoms with van der Waals surface area (Å²) in [6.45, 7) is 6.32. The second kappa shape index (κ2) is 5.42. The van der Waals surface area contributed by atoms with Crippen LogP contribution in [0.4, 0.5) is 0 Å². The van der Waals surface area contributed by atoms with Crippen LogP contribution in [0.3, 0.4) is 0 Å². The minimum absolute atomic E-state index is 0.463. The van der Waals surface area contributed by atoms with Gasteiger partial charge in [-0.1, -0.05) is 13.8 Å². The van der Waals surface area contributed by atoms with Crippen molar-refractivity contribution in [2.75, 3.05) is 0 Å². The Balaban J connectivity index is 3.24. The first-order valence-corrected chi connectivity index (χ1v) is 3.86. The first-order chi connectivity index (χ1) is 4.66. The Morgan fingerprint density at radius 2 is 2.00 bits per heavy atom. The van der Waals surface area contributed by atoms with Crippen molar-refractivity contribution in [3.63, 3.8) is 0 Å². The first-order valence-electron chi connectivity index (χ1n) is 3.86. The van der Waals surface area contributed by atoms with Crippen LogP contribution in [-0.2, 0) is 4.79 Å². The maximum absolute atomic E-state index is 9.97. The molecule has 10 heavy (non-hydrogen) atoms. The maximum Gasteiger partial charge on any atom is 0.120 e. The number of rotatable bonds is 5. The molecule has 0 bridgehead atoms. The predicted molar refractivity (Wildman–Crippen MR) is 43.0 cm³/mol. The van der Waals surface area contributed by atoms with E-state index in [9.17, 15) is 4.79 Å². The highest BCUT2D eigenvalue weighted by Crippen LogP contribution is 1.94. The Morgan fingerprint density at radius 1 is 1.40 bits per heavy atom. The van der Waals surface area contributed by atoms with Crippen molar-refractivity contribution in [3.05, 3.63) is 0 Å². The van der Waals surface area contributed by atoms with Crippen molar-refractivity contribution in [1.82, 2.24) is 5.32 Å². The quantitative estimate of drug-likeness (QED) is 0.589. The minimum atomic E-state index is 0.463. The molecule has 1 N–H and O–H groups in total. The van der Waals surface area contributed by atoms with Crippen LogP contribution < -0.4 is 5.32 Å². The average molecular weight is 143 g/mol. The average Bonchev–Trinajstić information content (AvgIpc) is 1.82. The van der Waals surface area contributed by atoms with E-state index < -0.39 is 0 Å². The van der Waals surface area contributed by atoms with Crippen LogP contribution in [0.15, 0.2) is 0 Å². The zero-order valence-electron chi connectivity index (χ0n) is 7.05. The van der Waals surface area contributed by atoms with Crippen molar-refractivity contribution in [2.24, 2.45) is 0 Å². The highest BCUT2D eigenvalue weighted by atomic mass is 16.1. The highest BCUT2D eigenvalue weighted by molar-refractivity contribution is 5.49. The van der Waals surface area contributed by atoms with Gasteiger partial charge in [-0.25, -0.2) is 0 Å². The second-order valence-electron chi connectivity index (χ2n) is 2.97. The van der Waals surface area contributed by atoms with Crippen molar-refractivity contribution in [3.8, 4) is 0 Å². The van der Waals surface area contributed by atoms with E-state index >= 15 is 0 Å². The second-order valence-corrected chi connectivity index (χ2v) is 2.97. The van der Waals surface area contributed by atoms with Crippen LogP contribution in [0.5, 0.6) is 0 Å². The lowest BCUT2D eigenvalue weighted by Crippen LogP contribution is -2.32. The molecular formula is C8H17NO. The fraction of sp³-hybridized carbons (Fsp3) is 0.875. The normalized spacial score (nSPS) is 13.6. The fourth-order valence-corrected chi connectivity index (χ4v) is 0.970. The zero-order chi connectivity index (χ0) is 7.98. The summed E-state index contributed by atoms with van der Waals surface area (Å²) in [6.07, 6.45) is 2.58. The zero-order valence-corrected chi connectivity index (χ0v) is 7.05. The largest absolute Gasteiger partial charge is 0.312 e. The Labute approximate surface area is 63.0 Å². The maximum atomic E-state index is 9.97. The minimum Gasteiger partial charge on any atom is -0.312 e. The summed E-state index contributed by atoms with van der Waals surface area (Å²) in [7, 11) is 0. The molecule has 1 unspecified atom stereocenters. The van der Waals surface area contributed by atoms with E-state index in [4.69, 9.17) is 0 Å². The van der Waals surface area contributed by atoms with Crippen molar-refractivity contribution in [2.45, 2.75) is 45.7 Å². The third kappa shape index (κ3) is 5.76. The van der Waals surface area contributed by atoms with Crippen LogP contribution in [0.25, 0.3) is 0 Å². The van der Waals surface area contributed by atoms with Gasteiger partial charge in [0.05, 0.1) is 0 Å². The fourth-order valence-electron chi connectivity index (χ4n) is 0.970. The van der Waals surface area contributed by atoms with Crippen LogP contribution >= 0.6 is 0 Å². The number of aldehydes is 1. The van der Waals surface area contributed by atoms with Gasteiger partial charge in [0.25, 0.3) is 0 Å². The lowest BCUT2D eigenvalue weighted by Gasteiger charge is -2.14. The Bertz CT molecular complexity index is 91.3. The van der Waals surface area contributed by atoms with Gasteiger partial charge in [-0.15, -0.1) is 0 Å². The molecule has 0 aliphatic heterocycles.